The van der Waals surface area contributed by atoms with Gasteiger partial charge in [-0.2, -0.15) is 4.98 Å². The van der Waals surface area contributed by atoms with E-state index < -0.39 is 6.04 Å². The van der Waals surface area contributed by atoms with Crippen molar-refractivity contribution >= 4 is 52.1 Å². The van der Waals surface area contributed by atoms with Crippen molar-refractivity contribution in [1.29, 1.82) is 0 Å². The molecule has 5 aliphatic rings. The van der Waals surface area contributed by atoms with Gasteiger partial charge in [-0.25, -0.2) is 9.97 Å². The van der Waals surface area contributed by atoms with Gasteiger partial charge >= 0.3 is 0 Å². The number of pyridine rings is 1. The monoisotopic (exact) mass is 762 g/mol. The minimum atomic E-state index is -0.610. The van der Waals surface area contributed by atoms with Crippen LogP contribution in [0.4, 0.5) is 17.5 Å². The number of carbonyl (C=O) groups is 4. The maximum absolute atomic E-state index is 13.5. The van der Waals surface area contributed by atoms with Crippen molar-refractivity contribution < 1.29 is 22.0 Å². The third-order valence-corrected chi connectivity index (χ3v) is 12.7. The molecular weight excluding hydrogens is 709 g/mol. The number of likely N-dealkylation sites (tertiary alicyclic amines) is 1. The molecule has 4 fully saturated rings. The molecule has 1 saturated carbocycles. The van der Waals surface area contributed by atoms with Crippen molar-refractivity contribution in [2.45, 2.75) is 95.4 Å². The predicted octanol–water partition coefficient (Wildman–Crippen LogP) is 5.52. The van der Waals surface area contributed by atoms with Crippen molar-refractivity contribution in [2.24, 2.45) is 5.92 Å². The number of hydrogen-bond donors (Lipinski definition) is 2. The van der Waals surface area contributed by atoms with Gasteiger partial charge < -0.3 is 24.6 Å². The van der Waals surface area contributed by atoms with Crippen LogP contribution in [-0.2, 0) is 22.7 Å². The third-order valence-electron chi connectivity index (χ3n) is 12.7. The van der Waals surface area contributed by atoms with E-state index in [1.54, 1.807) is 30.1 Å². The molecule has 14 heteroatoms. The van der Waals surface area contributed by atoms with Crippen molar-refractivity contribution in [1.82, 2.24) is 39.5 Å². The Morgan fingerprint density at radius 1 is 0.929 bits per heavy atom. The van der Waals surface area contributed by atoms with Gasteiger partial charge in [0.05, 0.1) is 0 Å². The zero-order valence-electron chi connectivity index (χ0n) is 32.2. The van der Waals surface area contributed by atoms with Gasteiger partial charge in [-0.3, -0.25) is 29.4 Å². The molecule has 1 aromatic carbocycles. The summed E-state index contributed by atoms with van der Waals surface area (Å²) < 4.78 is 2.12. The Bertz CT molecular complexity index is 2180. The van der Waals surface area contributed by atoms with E-state index in [0.717, 1.165) is 105 Å². The summed E-state index contributed by atoms with van der Waals surface area (Å²) in [6, 6.07) is 12.1. The lowest BCUT2D eigenvalue weighted by Gasteiger charge is -2.39. The average Bonchev–Trinajstić information content (AvgIpc) is 4.02. The number of piperidine rings is 2. The van der Waals surface area contributed by atoms with E-state index in [4.69, 9.17) is 9.97 Å². The Hall–Kier alpha value is -5.37. The first-order chi connectivity index (χ1) is 27.2. The highest BCUT2D eigenvalue weighted by atomic mass is 16.2. The van der Waals surface area contributed by atoms with E-state index in [0.29, 0.717) is 47.9 Å². The summed E-state index contributed by atoms with van der Waals surface area (Å²) in [5.74, 6) is 0.897. The summed E-state index contributed by atoms with van der Waals surface area (Å²) >= 11 is 0. The molecule has 4 aliphatic heterocycles. The van der Waals surface area contributed by atoms with Gasteiger partial charge in [-0.05, 0) is 93.8 Å². The van der Waals surface area contributed by atoms with Crippen LogP contribution in [0.1, 0.15) is 105 Å². The Kier molecular flexibility index (Phi) is 9.68. The van der Waals surface area contributed by atoms with Crippen molar-refractivity contribution in [3.63, 3.8) is 0 Å². The lowest BCUT2D eigenvalue weighted by molar-refractivity contribution is -0.136. The number of carbonyl (C=O) groups excluding carboxylic acids is 4. The number of aromatic nitrogens is 4. The van der Waals surface area contributed by atoms with E-state index in [-0.39, 0.29) is 38.9 Å². The largest absolute Gasteiger partial charge is 0.368 e. The highest BCUT2D eigenvalue weighted by Crippen LogP contribution is 2.41. The fraction of sp³-hybridized carbons (Fsp3) is 0.500. The minimum absolute atomic E-state index is 0. The number of amides is 4. The molecular formula is C42H54N10O4. The topological polar surface area (TPSA) is 149 Å². The summed E-state index contributed by atoms with van der Waals surface area (Å²) in [5, 5.41) is 6.57. The SMILES string of the molecule is CN(C)C(=O)c1cc2cnc(Nc3ccc(CN4CCC([C@H]5CCCN5c5cccc6c5CN([C@@H]5CCC(=O)NC5=O)C6=O)CC4)cn3)nc2n1C1CCCC1.[HH].[HH]. The summed E-state index contributed by atoms with van der Waals surface area (Å²) in [7, 11) is 3.56. The normalized spacial score (nSPS) is 22.3. The number of fused-ring (bicyclic) bond motifs is 2. The van der Waals surface area contributed by atoms with Crippen molar-refractivity contribution in [3.8, 4) is 0 Å². The lowest BCUT2D eigenvalue weighted by Crippen LogP contribution is -2.52. The maximum atomic E-state index is 13.5. The molecule has 4 amide bonds. The molecule has 7 heterocycles. The fourth-order valence-corrected chi connectivity index (χ4v) is 9.87. The second-order valence-corrected chi connectivity index (χ2v) is 16.4. The lowest BCUT2D eigenvalue weighted by atomic mass is 9.87. The first-order valence-corrected chi connectivity index (χ1v) is 20.3. The molecule has 3 aromatic heterocycles. The standard InChI is InChI=1S/C42H50N10O4.2H2/c1-48(2)41(56)35-21-28-23-44-42(47-38(28)52(35)29-7-3-4-8-29)45-36-14-12-26(22-43-36)24-49-19-16-27(17-20-49)32-11-6-18-50(32)33-10-5-9-30-31(33)25-51(40(30)55)34-13-15-37(53)46-39(34)54;;/h5,9-10,12,14,21-23,27,29,32,34H,3-4,6-8,11,13,15-20,24-25H2,1-2H3,(H,46,53,54)(H,43,44,45,47);2*1H/t32-,34-;;/m1../s1. The summed E-state index contributed by atoms with van der Waals surface area (Å²) in [6.45, 7) is 4.22. The maximum Gasteiger partial charge on any atom is 0.270 e. The molecule has 2 atom stereocenters. The fourth-order valence-electron chi connectivity index (χ4n) is 9.87. The number of anilines is 3. The minimum Gasteiger partial charge on any atom is -0.368 e. The third kappa shape index (κ3) is 6.77. The second kappa shape index (κ2) is 14.9. The Balaban J connectivity index is 0.00000256. The van der Waals surface area contributed by atoms with Gasteiger partial charge in [0.25, 0.3) is 11.8 Å². The van der Waals surface area contributed by atoms with Crippen LogP contribution < -0.4 is 15.5 Å². The first-order valence-electron chi connectivity index (χ1n) is 20.3. The van der Waals surface area contributed by atoms with Gasteiger partial charge in [-0.1, -0.05) is 25.0 Å². The van der Waals surface area contributed by atoms with Crippen molar-refractivity contribution in [3.05, 3.63) is 71.2 Å². The molecule has 0 bridgehead atoms. The molecule has 3 saturated heterocycles. The molecule has 1 aliphatic carbocycles. The average molecular weight is 763 g/mol. The number of benzene rings is 1. The van der Waals surface area contributed by atoms with Gasteiger partial charge in [0.2, 0.25) is 17.8 Å². The number of hydrogen-bond acceptors (Lipinski definition) is 10. The summed E-state index contributed by atoms with van der Waals surface area (Å²) in [4.78, 5) is 73.5. The highest BCUT2D eigenvalue weighted by Gasteiger charge is 2.42. The number of nitrogens with one attached hydrogen (secondary N) is 2. The molecule has 4 aromatic rings. The Labute approximate surface area is 329 Å². The summed E-state index contributed by atoms with van der Waals surface area (Å²) in [5.41, 5.74) is 5.39. The van der Waals surface area contributed by atoms with E-state index in [9.17, 15) is 19.2 Å². The van der Waals surface area contributed by atoms with Crippen LogP contribution in [-0.4, -0.2) is 104 Å². The van der Waals surface area contributed by atoms with Crippen LogP contribution >= 0.6 is 0 Å². The number of nitrogens with zero attached hydrogens (tertiary/aromatic N) is 8. The molecule has 0 unspecified atom stereocenters. The zero-order valence-corrected chi connectivity index (χ0v) is 32.2. The van der Waals surface area contributed by atoms with Crippen molar-refractivity contribution in [2.75, 3.05) is 43.9 Å². The first kappa shape index (κ1) is 36.3. The molecule has 0 spiro atoms. The van der Waals surface area contributed by atoms with Crippen LogP contribution in [0, 0.1) is 5.92 Å². The number of imide groups is 1. The van der Waals surface area contributed by atoms with Crippen LogP contribution in [0.3, 0.4) is 0 Å². The quantitative estimate of drug-likeness (QED) is 0.209. The van der Waals surface area contributed by atoms with Crippen LogP contribution in [0.5, 0.6) is 0 Å². The smallest absolute Gasteiger partial charge is 0.270 e. The zero-order chi connectivity index (χ0) is 38.5. The molecule has 56 heavy (non-hydrogen) atoms. The molecule has 0 radical (unpaired) electrons. The second-order valence-electron chi connectivity index (χ2n) is 16.4. The van der Waals surface area contributed by atoms with E-state index in [2.05, 4.69) is 42.1 Å². The van der Waals surface area contributed by atoms with Gasteiger partial charge in [-0.15, -0.1) is 0 Å². The van der Waals surface area contributed by atoms with Crippen LogP contribution in [0.2, 0.25) is 0 Å². The molecule has 2 N–H and O–H groups in total. The highest BCUT2D eigenvalue weighted by molar-refractivity contribution is 6.06. The Morgan fingerprint density at radius 2 is 1.75 bits per heavy atom. The Morgan fingerprint density at radius 3 is 2.50 bits per heavy atom. The van der Waals surface area contributed by atoms with Crippen LogP contribution in [0.25, 0.3) is 11.0 Å². The predicted molar refractivity (Wildman–Crippen MR) is 216 cm³/mol. The van der Waals surface area contributed by atoms with Crippen LogP contribution in [0.15, 0.2) is 48.8 Å². The van der Waals surface area contributed by atoms with Gasteiger partial charge in [0, 0.05) is 89.7 Å². The summed E-state index contributed by atoms with van der Waals surface area (Å²) in [6.07, 6.45) is 13.2. The molecule has 14 nitrogen and oxygen atoms in total. The van der Waals surface area contributed by atoms with E-state index in [1.807, 2.05) is 30.5 Å². The number of rotatable bonds is 9. The van der Waals surface area contributed by atoms with Gasteiger partial charge in [0.15, 0.2) is 0 Å². The molecule has 9 rings (SSSR count). The van der Waals surface area contributed by atoms with E-state index >= 15 is 0 Å². The van der Waals surface area contributed by atoms with Gasteiger partial charge in [0.1, 0.15) is 23.2 Å². The molecule has 296 valence electrons. The van der Waals surface area contributed by atoms with E-state index in [1.165, 1.54) is 0 Å².